The third kappa shape index (κ3) is 4.79. The number of aryl methyl sites for hydroxylation is 1. The predicted molar refractivity (Wildman–Crippen MR) is 105 cm³/mol. The molecule has 0 radical (unpaired) electrons. The van der Waals surface area contributed by atoms with Gasteiger partial charge >= 0.3 is 5.97 Å². The van der Waals surface area contributed by atoms with E-state index < -0.39 is 5.97 Å². The van der Waals surface area contributed by atoms with Crippen molar-refractivity contribution in [2.45, 2.75) is 20.3 Å². The van der Waals surface area contributed by atoms with Crippen LogP contribution in [0, 0.1) is 6.92 Å². The van der Waals surface area contributed by atoms with Crippen molar-refractivity contribution in [2.75, 3.05) is 18.5 Å². The Hall–Kier alpha value is -3.00. The quantitative estimate of drug-likeness (QED) is 0.612. The van der Waals surface area contributed by atoms with Gasteiger partial charge in [0.2, 0.25) is 5.95 Å². The lowest BCUT2D eigenvalue weighted by Gasteiger charge is -2.10. The lowest BCUT2D eigenvalue weighted by Crippen LogP contribution is -2.08. The van der Waals surface area contributed by atoms with Crippen molar-refractivity contribution in [1.82, 2.24) is 15.0 Å². The number of carboxylic acid groups (broad SMARTS) is 1. The van der Waals surface area contributed by atoms with E-state index in [1.165, 1.54) is 0 Å². The fourth-order valence-corrected chi connectivity index (χ4v) is 3.32. The van der Waals surface area contributed by atoms with Crippen LogP contribution < -0.4 is 10.1 Å². The molecule has 8 heteroatoms. The number of aromatic nitrogens is 3. The van der Waals surface area contributed by atoms with Crippen LogP contribution in [-0.4, -0.2) is 39.2 Å². The molecule has 0 atom stereocenters. The van der Waals surface area contributed by atoms with Crippen molar-refractivity contribution >= 4 is 23.3 Å². The number of ether oxygens (including phenoxy) is 1. The molecule has 3 aromatic rings. The molecule has 0 bridgehead atoms. The van der Waals surface area contributed by atoms with E-state index in [4.69, 9.17) is 4.74 Å². The molecule has 3 rings (SSSR count). The van der Waals surface area contributed by atoms with Crippen LogP contribution in [0.4, 0.5) is 5.95 Å². The first-order valence-electron chi connectivity index (χ1n) is 8.55. The van der Waals surface area contributed by atoms with Crippen LogP contribution in [-0.2, 0) is 6.42 Å². The zero-order valence-corrected chi connectivity index (χ0v) is 15.9. The largest absolute Gasteiger partial charge is 0.493 e. The number of anilines is 1. The lowest BCUT2D eigenvalue weighted by atomic mass is 10.1. The number of thiazole rings is 1. The van der Waals surface area contributed by atoms with E-state index in [1.54, 1.807) is 41.8 Å². The van der Waals surface area contributed by atoms with Gasteiger partial charge in [0.15, 0.2) is 0 Å². The number of hydrogen-bond acceptors (Lipinski definition) is 7. The molecule has 2 aromatic heterocycles. The van der Waals surface area contributed by atoms with E-state index in [2.05, 4.69) is 20.3 Å². The molecule has 140 valence electrons. The Morgan fingerprint density at radius 2 is 2.15 bits per heavy atom. The smallest absolute Gasteiger partial charge is 0.339 e. The van der Waals surface area contributed by atoms with Crippen LogP contribution in [0.3, 0.4) is 0 Å². The Balaban J connectivity index is 1.74. The van der Waals surface area contributed by atoms with Gasteiger partial charge in [0.25, 0.3) is 0 Å². The zero-order valence-electron chi connectivity index (χ0n) is 15.1. The van der Waals surface area contributed by atoms with Crippen LogP contribution in [0.1, 0.15) is 28.0 Å². The summed E-state index contributed by atoms with van der Waals surface area (Å²) in [6.45, 7) is 4.86. The molecular formula is C19H20N4O3S. The highest BCUT2D eigenvalue weighted by atomic mass is 32.1. The van der Waals surface area contributed by atoms with Crippen LogP contribution in [0.15, 0.2) is 35.8 Å². The van der Waals surface area contributed by atoms with Crippen molar-refractivity contribution in [3.63, 3.8) is 0 Å². The molecule has 0 spiro atoms. The molecule has 27 heavy (non-hydrogen) atoms. The summed E-state index contributed by atoms with van der Waals surface area (Å²) in [5, 5.41) is 15.7. The Morgan fingerprint density at radius 3 is 2.85 bits per heavy atom. The summed E-state index contributed by atoms with van der Waals surface area (Å²) in [7, 11) is 0. The molecule has 2 N–H and O–H groups in total. The number of carbonyl (C=O) groups is 1. The van der Waals surface area contributed by atoms with Gasteiger partial charge in [-0.3, -0.25) is 0 Å². The molecule has 0 amide bonds. The summed E-state index contributed by atoms with van der Waals surface area (Å²) in [5.41, 5.74) is 2.47. The van der Waals surface area contributed by atoms with Crippen LogP contribution in [0.25, 0.3) is 11.3 Å². The third-order valence-corrected chi connectivity index (χ3v) is 4.78. The van der Waals surface area contributed by atoms with Gasteiger partial charge in [0.05, 0.1) is 17.3 Å². The van der Waals surface area contributed by atoms with Gasteiger partial charge in [-0.1, -0.05) is 0 Å². The normalized spacial score (nSPS) is 10.6. The van der Waals surface area contributed by atoms with Gasteiger partial charge in [-0.15, -0.1) is 11.3 Å². The van der Waals surface area contributed by atoms with Crippen LogP contribution in [0.2, 0.25) is 0 Å². The highest BCUT2D eigenvalue weighted by Crippen LogP contribution is 2.26. The maximum atomic E-state index is 11.5. The van der Waals surface area contributed by atoms with Crippen LogP contribution in [0.5, 0.6) is 5.75 Å². The highest BCUT2D eigenvalue weighted by Gasteiger charge is 2.14. The molecule has 0 aliphatic heterocycles. The van der Waals surface area contributed by atoms with E-state index in [-0.39, 0.29) is 5.56 Å². The molecule has 0 aliphatic rings. The fraction of sp³-hybridized carbons (Fsp3) is 0.263. The number of nitrogens with zero attached hydrogens (tertiary/aromatic N) is 3. The fourth-order valence-electron chi connectivity index (χ4n) is 2.54. The minimum absolute atomic E-state index is 0.113. The molecule has 7 nitrogen and oxygen atoms in total. The molecule has 0 aliphatic carbocycles. The summed E-state index contributed by atoms with van der Waals surface area (Å²) in [4.78, 5) is 24.6. The summed E-state index contributed by atoms with van der Waals surface area (Å²) in [5.74, 6) is -0.196. The van der Waals surface area contributed by atoms with Crippen molar-refractivity contribution in [3.8, 4) is 17.0 Å². The average molecular weight is 384 g/mol. The second kappa shape index (κ2) is 8.59. The number of carboxylic acids is 1. The van der Waals surface area contributed by atoms with Gasteiger partial charge in [0, 0.05) is 35.8 Å². The monoisotopic (exact) mass is 384 g/mol. The Bertz CT molecular complexity index is 942. The first-order chi connectivity index (χ1) is 13.1. The minimum atomic E-state index is -1.04. The second-order valence-electron chi connectivity index (χ2n) is 5.77. The number of rotatable bonds is 8. The molecule has 0 fully saturated rings. The molecule has 1 aromatic carbocycles. The number of hydrogen-bond donors (Lipinski definition) is 2. The predicted octanol–water partition coefficient (Wildman–Crippen LogP) is 3.66. The van der Waals surface area contributed by atoms with E-state index in [1.807, 2.05) is 19.2 Å². The minimum Gasteiger partial charge on any atom is -0.493 e. The Kier molecular flexibility index (Phi) is 5.97. The highest BCUT2D eigenvalue weighted by molar-refractivity contribution is 7.09. The van der Waals surface area contributed by atoms with Gasteiger partial charge < -0.3 is 15.2 Å². The standard InChI is InChI=1S/C19H20N4O3S/c1-3-26-16-5-4-13(10-14(16)18(24)25)15-6-8-20-19(23-15)21-9-7-17-22-12(2)11-27-17/h4-6,8,10-11H,3,7,9H2,1-2H3,(H,24,25)(H,20,21,23). The van der Waals surface area contributed by atoms with E-state index in [0.29, 0.717) is 36.1 Å². The van der Waals surface area contributed by atoms with Crippen molar-refractivity contribution in [1.29, 1.82) is 0 Å². The topological polar surface area (TPSA) is 97.2 Å². The molecule has 0 saturated carbocycles. The summed E-state index contributed by atoms with van der Waals surface area (Å²) >= 11 is 1.63. The van der Waals surface area contributed by atoms with Gasteiger partial charge in [-0.25, -0.2) is 19.7 Å². The average Bonchev–Trinajstić information content (AvgIpc) is 3.07. The Labute approximate surface area is 161 Å². The first-order valence-corrected chi connectivity index (χ1v) is 9.43. The second-order valence-corrected chi connectivity index (χ2v) is 6.72. The lowest BCUT2D eigenvalue weighted by molar-refractivity contribution is 0.0692. The zero-order chi connectivity index (χ0) is 19.2. The van der Waals surface area contributed by atoms with Gasteiger partial charge in [-0.2, -0.15) is 0 Å². The maximum Gasteiger partial charge on any atom is 0.339 e. The van der Waals surface area contributed by atoms with E-state index in [0.717, 1.165) is 17.1 Å². The molecule has 0 unspecified atom stereocenters. The van der Waals surface area contributed by atoms with Crippen molar-refractivity contribution in [3.05, 3.63) is 52.1 Å². The van der Waals surface area contributed by atoms with E-state index >= 15 is 0 Å². The number of benzene rings is 1. The number of aromatic carboxylic acids is 1. The molecular weight excluding hydrogens is 364 g/mol. The van der Waals surface area contributed by atoms with Gasteiger partial charge in [-0.05, 0) is 38.1 Å². The van der Waals surface area contributed by atoms with Crippen LogP contribution >= 0.6 is 11.3 Å². The number of nitrogens with one attached hydrogen (secondary N) is 1. The maximum absolute atomic E-state index is 11.5. The molecule has 2 heterocycles. The summed E-state index contributed by atoms with van der Waals surface area (Å²) in [6.07, 6.45) is 2.44. The first kappa shape index (κ1) is 18.8. The molecule has 0 saturated heterocycles. The summed E-state index contributed by atoms with van der Waals surface area (Å²) < 4.78 is 5.38. The van der Waals surface area contributed by atoms with Crippen molar-refractivity contribution in [2.24, 2.45) is 0 Å². The Morgan fingerprint density at radius 1 is 1.30 bits per heavy atom. The van der Waals surface area contributed by atoms with Gasteiger partial charge in [0.1, 0.15) is 11.3 Å². The van der Waals surface area contributed by atoms with Crippen molar-refractivity contribution < 1.29 is 14.6 Å². The summed E-state index contributed by atoms with van der Waals surface area (Å²) in [6, 6.07) is 6.76. The SMILES string of the molecule is CCOc1ccc(-c2ccnc(NCCc3nc(C)cs3)n2)cc1C(=O)O. The third-order valence-electron chi connectivity index (χ3n) is 3.75. The van der Waals surface area contributed by atoms with E-state index in [9.17, 15) is 9.90 Å².